The summed E-state index contributed by atoms with van der Waals surface area (Å²) in [5.74, 6) is 0.885. The molecule has 7 heteroatoms. The summed E-state index contributed by atoms with van der Waals surface area (Å²) >= 11 is 1.65. The Morgan fingerprint density at radius 2 is 2.07 bits per heavy atom. The summed E-state index contributed by atoms with van der Waals surface area (Å²) in [6, 6.07) is 12.3. The summed E-state index contributed by atoms with van der Waals surface area (Å²) in [6.45, 7) is 4.58. The fourth-order valence-electron chi connectivity index (χ4n) is 3.21. The van der Waals surface area contributed by atoms with Gasteiger partial charge in [0, 0.05) is 35.8 Å². The molecule has 1 atom stereocenters. The maximum Gasteiger partial charge on any atom is 0.222 e. The molecule has 0 spiro atoms. The van der Waals surface area contributed by atoms with Gasteiger partial charge in [-0.25, -0.2) is 4.98 Å². The van der Waals surface area contributed by atoms with Gasteiger partial charge in [-0.05, 0) is 25.3 Å². The minimum Gasteiger partial charge on any atom is -0.369 e. The second-order valence-corrected chi connectivity index (χ2v) is 7.94. The number of hydrogen-bond acceptors (Lipinski definition) is 5. The lowest BCUT2D eigenvalue weighted by molar-refractivity contribution is -0.121. The molecule has 0 fully saturated rings. The van der Waals surface area contributed by atoms with E-state index in [0.29, 0.717) is 13.0 Å². The first-order valence-electron chi connectivity index (χ1n) is 9.57. The van der Waals surface area contributed by atoms with Gasteiger partial charge in [0.25, 0.3) is 0 Å². The Labute approximate surface area is 173 Å². The fourth-order valence-corrected chi connectivity index (χ4v) is 3.94. The first-order valence-corrected chi connectivity index (χ1v) is 10.5. The molecule has 3 aromatic heterocycles. The molecule has 6 nitrogen and oxygen atoms in total. The molecule has 2 N–H and O–H groups in total. The Hall–Kier alpha value is -3.19. The summed E-state index contributed by atoms with van der Waals surface area (Å²) in [5, 5.41) is 8.47. The molecule has 0 bridgehead atoms. The maximum absolute atomic E-state index is 12.4. The van der Waals surface area contributed by atoms with Crippen molar-refractivity contribution in [2.45, 2.75) is 26.3 Å². The molecular formula is C22H23N5OS. The molecule has 1 amide bonds. The van der Waals surface area contributed by atoms with Crippen LogP contribution >= 0.6 is 11.3 Å². The number of nitrogens with zero attached hydrogens (tertiary/aromatic N) is 3. The number of carbonyl (C=O) groups excluding carboxylic acids is 1. The van der Waals surface area contributed by atoms with Gasteiger partial charge in [0.05, 0.1) is 12.2 Å². The lowest BCUT2D eigenvalue weighted by atomic mass is 10.1. The Balaban J connectivity index is 1.48. The predicted octanol–water partition coefficient (Wildman–Crippen LogP) is 4.45. The highest BCUT2D eigenvalue weighted by atomic mass is 32.1. The zero-order valence-corrected chi connectivity index (χ0v) is 17.2. The summed E-state index contributed by atoms with van der Waals surface area (Å²) in [6.07, 6.45) is 5.72. The molecule has 4 rings (SSSR count). The molecule has 1 aromatic carbocycles. The van der Waals surface area contributed by atoms with E-state index >= 15 is 0 Å². The Morgan fingerprint density at radius 1 is 1.24 bits per heavy atom. The van der Waals surface area contributed by atoms with Crippen molar-refractivity contribution in [3.63, 3.8) is 0 Å². The quantitative estimate of drug-likeness (QED) is 0.477. The van der Waals surface area contributed by atoms with E-state index < -0.39 is 0 Å². The van der Waals surface area contributed by atoms with Crippen molar-refractivity contribution in [2.24, 2.45) is 0 Å². The number of nitrogens with one attached hydrogen (secondary N) is 2. The topological polar surface area (TPSA) is 71.3 Å². The van der Waals surface area contributed by atoms with Crippen LogP contribution in [0.4, 0.5) is 5.82 Å². The van der Waals surface area contributed by atoms with Gasteiger partial charge in [-0.3, -0.25) is 14.2 Å². The van der Waals surface area contributed by atoms with Crippen LogP contribution in [0.3, 0.4) is 0 Å². The monoisotopic (exact) mass is 405 g/mol. The minimum absolute atomic E-state index is 0.0192. The largest absolute Gasteiger partial charge is 0.369 e. The van der Waals surface area contributed by atoms with E-state index in [1.807, 2.05) is 35.0 Å². The number of rotatable bonds is 7. The second kappa shape index (κ2) is 8.45. The van der Waals surface area contributed by atoms with Crippen LogP contribution in [0.2, 0.25) is 0 Å². The third kappa shape index (κ3) is 4.30. The molecule has 0 aliphatic heterocycles. The Bertz CT molecular complexity index is 1100. The highest BCUT2D eigenvalue weighted by Gasteiger charge is 2.15. The van der Waals surface area contributed by atoms with Gasteiger partial charge < -0.3 is 10.6 Å². The van der Waals surface area contributed by atoms with Crippen LogP contribution in [0, 0.1) is 6.92 Å². The van der Waals surface area contributed by atoms with Gasteiger partial charge in [-0.1, -0.05) is 35.9 Å². The number of anilines is 1. The third-order valence-corrected chi connectivity index (χ3v) is 5.80. The van der Waals surface area contributed by atoms with Gasteiger partial charge >= 0.3 is 0 Å². The number of aryl methyl sites for hydroxylation is 1. The lowest BCUT2D eigenvalue weighted by Gasteiger charge is -2.13. The summed E-state index contributed by atoms with van der Waals surface area (Å²) in [5.41, 5.74) is 3.84. The average molecular weight is 406 g/mol. The summed E-state index contributed by atoms with van der Waals surface area (Å²) in [4.78, 5) is 22.4. The normalized spacial score (nSPS) is 12.1. The van der Waals surface area contributed by atoms with Crippen molar-refractivity contribution in [1.82, 2.24) is 19.7 Å². The predicted molar refractivity (Wildman–Crippen MR) is 117 cm³/mol. The standard InChI is InChI=1S/C22H23N5OS/c1-15-5-7-17(8-6-15)21-22(27-12-11-23-14-19(27)26-21)24-10-9-20(28)25-16(2)18-4-3-13-29-18/h3-8,11-14,16,24H,9-10H2,1-2H3,(H,25,28)/t16-/m1/s1. The number of aromatic nitrogens is 3. The molecule has 0 radical (unpaired) electrons. The van der Waals surface area contributed by atoms with Gasteiger partial charge in [0.15, 0.2) is 5.65 Å². The summed E-state index contributed by atoms with van der Waals surface area (Å²) in [7, 11) is 0. The number of imidazole rings is 1. The molecule has 0 aliphatic carbocycles. The molecule has 3 heterocycles. The number of thiophene rings is 1. The van der Waals surface area contributed by atoms with E-state index in [0.717, 1.165) is 27.6 Å². The first kappa shape index (κ1) is 19.1. The van der Waals surface area contributed by atoms with Crippen LogP contribution in [-0.2, 0) is 4.79 Å². The van der Waals surface area contributed by atoms with Crippen molar-refractivity contribution in [3.8, 4) is 11.3 Å². The van der Waals surface area contributed by atoms with Crippen LogP contribution in [-0.4, -0.2) is 26.8 Å². The highest BCUT2D eigenvalue weighted by molar-refractivity contribution is 7.10. The van der Waals surface area contributed by atoms with Gasteiger partial charge in [0.2, 0.25) is 5.91 Å². The molecule has 148 valence electrons. The molecule has 0 aliphatic rings. The maximum atomic E-state index is 12.4. The van der Waals surface area contributed by atoms with Crippen LogP contribution in [0.5, 0.6) is 0 Å². The van der Waals surface area contributed by atoms with E-state index in [2.05, 4.69) is 46.8 Å². The van der Waals surface area contributed by atoms with Crippen molar-refractivity contribution >= 4 is 28.7 Å². The third-order valence-electron chi connectivity index (χ3n) is 4.75. The Morgan fingerprint density at radius 3 is 2.83 bits per heavy atom. The fraction of sp³-hybridized carbons (Fsp3) is 0.227. The van der Waals surface area contributed by atoms with Crippen molar-refractivity contribution in [1.29, 1.82) is 0 Å². The molecule has 0 unspecified atom stereocenters. The number of amides is 1. The SMILES string of the molecule is Cc1ccc(-c2nc3cnccn3c2NCCC(=O)N[C@H](C)c2cccs2)cc1. The van der Waals surface area contributed by atoms with Crippen LogP contribution in [0.25, 0.3) is 16.9 Å². The van der Waals surface area contributed by atoms with Crippen LogP contribution in [0.1, 0.15) is 29.8 Å². The molecule has 0 saturated heterocycles. The van der Waals surface area contributed by atoms with Crippen LogP contribution < -0.4 is 10.6 Å². The van der Waals surface area contributed by atoms with E-state index in [9.17, 15) is 4.79 Å². The lowest BCUT2D eigenvalue weighted by Crippen LogP contribution is -2.27. The number of fused-ring (bicyclic) bond motifs is 1. The highest BCUT2D eigenvalue weighted by Crippen LogP contribution is 2.28. The van der Waals surface area contributed by atoms with E-state index in [1.165, 1.54) is 5.56 Å². The zero-order chi connectivity index (χ0) is 20.2. The first-order chi connectivity index (χ1) is 14.1. The molecule has 0 saturated carbocycles. The van der Waals surface area contributed by atoms with Gasteiger partial charge in [-0.2, -0.15) is 0 Å². The average Bonchev–Trinajstić information content (AvgIpc) is 3.37. The minimum atomic E-state index is 0.0192. The Kier molecular flexibility index (Phi) is 5.57. The number of benzene rings is 1. The van der Waals surface area contributed by atoms with E-state index in [-0.39, 0.29) is 11.9 Å². The van der Waals surface area contributed by atoms with E-state index in [1.54, 1.807) is 23.7 Å². The smallest absolute Gasteiger partial charge is 0.222 e. The second-order valence-electron chi connectivity index (χ2n) is 6.96. The number of carbonyl (C=O) groups is 1. The van der Waals surface area contributed by atoms with Gasteiger partial charge in [-0.15, -0.1) is 11.3 Å². The zero-order valence-electron chi connectivity index (χ0n) is 16.4. The van der Waals surface area contributed by atoms with E-state index in [4.69, 9.17) is 4.98 Å². The van der Waals surface area contributed by atoms with Crippen molar-refractivity contribution in [3.05, 3.63) is 70.8 Å². The van der Waals surface area contributed by atoms with Crippen LogP contribution in [0.15, 0.2) is 60.4 Å². The molecular weight excluding hydrogens is 382 g/mol. The van der Waals surface area contributed by atoms with Crippen molar-refractivity contribution < 1.29 is 4.79 Å². The number of hydrogen-bond donors (Lipinski definition) is 2. The molecule has 29 heavy (non-hydrogen) atoms. The molecule has 4 aromatic rings. The van der Waals surface area contributed by atoms with Crippen molar-refractivity contribution in [2.75, 3.05) is 11.9 Å². The van der Waals surface area contributed by atoms with Gasteiger partial charge in [0.1, 0.15) is 11.5 Å². The summed E-state index contributed by atoms with van der Waals surface area (Å²) < 4.78 is 1.97.